The molecule has 4 aromatic carbocycles. The number of anilines is 2. The smallest absolute Gasteiger partial charge is 0.0447 e. The molecule has 0 spiro atoms. The van der Waals surface area contributed by atoms with E-state index in [0.29, 0.717) is 0 Å². The summed E-state index contributed by atoms with van der Waals surface area (Å²) >= 11 is 0. The van der Waals surface area contributed by atoms with E-state index in [1.54, 1.807) is 0 Å². The monoisotopic (exact) mass is 338 g/mol. The van der Waals surface area contributed by atoms with Crippen LogP contribution in [0.4, 0.5) is 11.4 Å². The molecule has 1 heterocycles. The summed E-state index contributed by atoms with van der Waals surface area (Å²) in [4.78, 5) is 5.06. The second-order valence-electron chi connectivity index (χ2n) is 6.97. The summed E-state index contributed by atoms with van der Waals surface area (Å²) in [5.74, 6) is 0. The average molecular weight is 338 g/mol. The van der Waals surface area contributed by atoms with Crippen molar-refractivity contribution in [2.75, 3.05) is 36.0 Å². The zero-order chi connectivity index (χ0) is 17.3. The van der Waals surface area contributed by atoms with Gasteiger partial charge in [0.25, 0.3) is 0 Å². The van der Waals surface area contributed by atoms with Crippen molar-refractivity contribution in [3.63, 3.8) is 0 Å². The zero-order valence-electron chi connectivity index (χ0n) is 14.8. The Morgan fingerprint density at radius 2 is 0.808 bits per heavy atom. The quantitative estimate of drug-likeness (QED) is 0.488. The second-order valence-corrected chi connectivity index (χ2v) is 6.97. The molecule has 5 rings (SSSR count). The molecule has 0 aromatic heterocycles. The molecule has 128 valence electrons. The van der Waals surface area contributed by atoms with Crippen LogP contribution in [0.5, 0.6) is 0 Å². The summed E-state index contributed by atoms with van der Waals surface area (Å²) in [6, 6.07) is 30.6. The number of hydrogen-bond acceptors (Lipinski definition) is 2. The first kappa shape index (κ1) is 15.3. The minimum Gasteiger partial charge on any atom is -0.367 e. The van der Waals surface area contributed by atoms with Crippen molar-refractivity contribution in [1.29, 1.82) is 0 Å². The second kappa shape index (κ2) is 6.38. The van der Waals surface area contributed by atoms with Gasteiger partial charge < -0.3 is 9.80 Å². The summed E-state index contributed by atoms with van der Waals surface area (Å²) in [6.07, 6.45) is 0. The minimum absolute atomic E-state index is 1.05. The third-order valence-electron chi connectivity index (χ3n) is 5.49. The normalized spacial score (nSPS) is 14.9. The highest BCUT2D eigenvalue weighted by atomic mass is 15.3. The summed E-state index contributed by atoms with van der Waals surface area (Å²) in [6.45, 7) is 4.21. The molecule has 4 aromatic rings. The van der Waals surface area contributed by atoms with E-state index in [9.17, 15) is 0 Å². The molecule has 1 fully saturated rings. The van der Waals surface area contributed by atoms with Crippen molar-refractivity contribution in [2.45, 2.75) is 0 Å². The largest absolute Gasteiger partial charge is 0.367 e. The van der Waals surface area contributed by atoms with Gasteiger partial charge in [0.15, 0.2) is 0 Å². The minimum atomic E-state index is 1.05. The fourth-order valence-corrected chi connectivity index (χ4v) is 4.16. The Labute approximate surface area is 154 Å². The molecular weight excluding hydrogens is 316 g/mol. The molecule has 1 aliphatic heterocycles. The Kier molecular flexibility index (Phi) is 3.75. The molecule has 1 saturated heterocycles. The van der Waals surface area contributed by atoms with Crippen molar-refractivity contribution < 1.29 is 0 Å². The van der Waals surface area contributed by atoms with Crippen LogP contribution < -0.4 is 9.80 Å². The van der Waals surface area contributed by atoms with E-state index in [-0.39, 0.29) is 0 Å². The van der Waals surface area contributed by atoms with Gasteiger partial charge in [-0.05, 0) is 22.9 Å². The molecule has 0 aliphatic carbocycles. The van der Waals surface area contributed by atoms with Crippen molar-refractivity contribution in [3.05, 3.63) is 84.9 Å². The third kappa shape index (κ3) is 2.59. The van der Waals surface area contributed by atoms with Crippen molar-refractivity contribution in [2.24, 2.45) is 0 Å². The van der Waals surface area contributed by atoms with Gasteiger partial charge in [-0.25, -0.2) is 0 Å². The van der Waals surface area contributed by atoms with Crippen LogP contribution in [0.25, 0.3) is 21.5 Å². The fraction of sp³-hybridized carbons (Fsp3) is 0.167. The van der Waals surface area contributed by atoms with E-state index in [0.717, 1.165) is 26.2 Å². The van der Waals surface area contributed by atoms with Gasteiger partial charge >= 0.3 is 0 Å². The molecule has 0 unspecified atom stereocenters. The Bertz CT molecular complexity index is 964. The Balaban J connectivity index is 1.42. The van der Waals surface area contributed by atoms with Gasteiger partial charge in [-0.1, -0.05) is 72.8 Å². The lowest BCUT2D eigenvalue weighted by atomic mass is 10.1. The third-order valence-corrected chi connectivity index (χ3v) is 5.49. The lowest BCUT2D eigenvalue weighted by Crippen LogP contribution is -2.46. The van der Waals surface area contributed by atoms with Gasteiger partial charge in [-0.2, -0.15) is 0 Å². The fourth-order valence-electron chi connectivity index (χ4n) is 4.16. The highest BCUT2D eigenvalue weighted by Gasteiger charge is 2.19. The van der Waals surface area contributed by atoms with Gasteiger partial charge in [-0.15, -0.1) is 0 Å². The summed E-state index contributed by atoms with van der Waals surface area (Å²) in [7, 11) is 0. The lowest BCUT2D eigenvalue weighted by Gasteiger charge is -2.38. The Morgan fingerprint density at radius 1 is 0.423 bits per heavy atom. The summed E-state index contributed by atoms with van der Waals surface area (Å²) < 4.78 is 0. The molecule has 0 amide bonds. The van der Waals surface area contributed by atoms with Crippen LogP contribution in [0.3, 0.4) is 0 Å². The van der Waals surface area contributed by atoms with Crippen molar-refractivity contribution >= 4 is 32.9 Å². The molecule has 0 bridgehead atoms. The number of nitrogens with zero attached hydrogens (tertiary/aromatic N) is 2. The van der Waals surface area contributed by atoms with Gasteiger partial charge in [0.2, 0.25) is 0 Å². The zero-order valence-corrected chi connectivity index (χ0v) is 14.8. The van der Waals surface area contributed by atoms with Crippen LogP contribution >= 0.6 is 0 Å². The predicted octanol–water partition coefficient (Wildman–Crippen LogP) is 5.32. The molecule has 26 heavy (non-hydrogen) atoms. The van der Waals surface area contributed by atoms with Gasteiger partial charge in [0.05, 0.1) is 0 Å². The average Bonchev–Trinajstić information content (AvgIpc) is 2.73. The number of rotatable bonds is 2. The molecule has 2 nitrogen and oxygen atoms in total. The van der Waals surface area contributed by atoms with E-state index in [1.807, 2.05) is 0 Å². The van der Waals surface area contributed by atoms with Gasteiger partial charge in [0.1, 0.15) is 0 Å². The van der Waals surface area contributed by atoms with Gasteiger partial charge in [-0.3, -0.25) is 0 Å². The predicted molar refractivity (Wildman–Crippen MR) is 112 cm³/mol. The van der Waals surface area contributed by atoms with Crippen LogP contribution in [-0.4, -0.2) is 26.2 Å². The van der Waals surface area contributed by atoms with Gasteiger partial charge in [0, 0.05) is 48.3 Å². The van der Waals surface area contributed by atoms with Crippen LogP contribution in [0.2, 0.25) is 0 Å². The summed E-state index contributed by atoms with van der Waals surface area (Å²) in [5, 5.41) is 5.35. The molecule has 0 saturated carbocycles. The SMILES string of the molecule is c1ccc2c(N3CCN(c4cccc5ccccc45)CC3)cccc2c1. The highest BCUT2D eigenvalue weighted by Crippen LogP contribution is 2.30. The maximum absolute atomic E-state index is 2.53. The molecule has 2 heteroatoms. The molecule has 0 radical (unpaired) electrons. The maximum atomic E-state index is 2.53. The van der Waals surface area contributed by atoms with Crippen LogP contribution in [0.15, 0.2) is 84.9 Å². The van der Waals surface area contributed by atoms with E-state index in [2.05, 4.69) is 94.7 Å². The highest BCUT2D eigenvalue weighted by molar-refractivity contribution is 5.95. The van der Waals surface area contributed by atoms with E-state index >= 15 is 0 Å². The molecule has 0 atom stereocenters. The first-order valence-corrected chi connectivity index (χ1v) is 9.35. The first-order chi connectivity index (χ1) is 12.9. The Morgan fingerprint density at radius 3 is 1.27 bits per heavy atom. The van der Waals surface area contributed by atoms with Crippen molar-refractivity contribution in [3.8, 4) is 0 Å². The maximum Gasteiger partial charge on any atom is 0.0447 e. The van der Waals surface area contributed by atoms with E-state index in [1.165, 1.54) is 32.9 Å². The first-order valence-electron chi connectivity index (χ1n) is 9.35. The number of benzene rings is 4. The topological polar surface area (TPSA) is 6.48 Å². The lowest BCUT2D eigenvalue weighted by molar-refractivity contribution is 0.656. The number of fused-ring (bicyclic) bond motifs is 2. The van der Waals surface area contributed by atoms with Crippen LogP contribution in [0.1, 0.15) is 0 Å². The molecule has 1 aliphatic rings. The summed E-state index contributed by atoms with van der Waals surface area (Å²) in [5.41, 5.74) is 2.72. The van der Waals surface area contributed by atoms with Crippen molar-refractivity contribution in [1.82, 2.24) is 0 Å². The number of hydrogen-bond donors (Lipinski definition) is 0. The standard InChI is InChI=1S/C24H22N2/c1-3-11-21-19(7-1)9-5-13-23(21)25-15-17-26(18-16-25)24-14-6-10-20-8-2-4-12-22(20)24/h1-14H,15-18H2. The Hall–Kier alpha value is -3.00. The van der Waals surface area contributed by atoms with Crippen LogP contribution in [-0.2, 0) is 0 Å². The van der Waals surface area contributed by atoms with Crippen LogP contribution in [0, 0.1) is 0 Å². The van der Waals surface area contributed by atoms with E-state index in [4.69, 9.17) is 0 Å². The molecule has 0 N–H and O–H groups in total. The van der Waals surface area contributed by atoms with E-state index < -0.39 is 0 Å². The molecular formula is C24H22N2. The number of piperazine rings is 1.